The molecule has 1 fully saturated rings. The third-order valence-corrected chi connectivity index (χ3v) is 2.59. The van der Waals surface area contributed by atoms with Crippen LogP contribution in [0.1, 0.15) is 33.1 Å². The van der Waals surface area contributed by atoms with Gasteiger partial charge in [0.25, 0.3) is 0 Å². The fraction of sp³-hybridized carbons (Fsp3) is 1.00. The zero-order valence-corrected chi connectivity index (χ0v) is 7.31. The Morgan fingerprint density at radius 2 is 2.10 bits per heavy atom. The first-order chi connectivity index (χ1) is 4.66. The van der Waals surface area contributed by atoms with Crippen molar-refractivity contribution >= 4 is 0 Å². The van der Waals surface area contributed by atoms with E-state index in [2.05, 4.69) is 13.8 Å². The van der Waals surface area contributed by atoms with E-state index in [1.54, 1.807) is 7.11 Å². The molecule has 0 aromatic heterocycles. The lowest BCUT2D eigenvalue weighted by atomic mass is 9.62. The van der Waals surface area contributed by atoms with Crippen molar-refractivity contribution in [2.45, 2.75) is 33.1 Å². The summed E-state index contributed by atoms with van der Waals surface area (Å²) in [4.78, 5) is 0. The summed E-state index contributed by atoms with van der Waals surface area (Å²) in [7, 11) is 1.78. The Hall–Kier alpha value is -0.0400. The van der Waals surface area contributed by atoms with Crippen LogP contribution in [0.15, 0.2) is 0 Å². The minimum Gasteiger partial charge on any atom is -0.385 e. The second-order valence-corrected chi connectivity index (χ2v) is 4.07. The van der Waals surface area contributed by atoms with Crippen LogP contribution in [-0.2, 0) is 4.74 Å². The maximum absolute atomic E-state index is 5.05. The van der Waals surface area contributed by atoms with E-state index < -0.39 is 0 Å². The minimum atomic E-state index is 0.620. The van der Waals surface area contributed by atoms with Crippen LogP contribution in [0.3, 0.4) is 0 Å². The normalized spacial score (nSPS) is 39.3. The molecule has 10 heavy (non-hydrogen) atoms. The lowest BCUT2D eigenvalue weighted by Crippen LogP contribution is -2.33. The molecule has 1 rings (SSSR count). The summed E-state index contributed by atoms with van der Waals surface area (Å²) >= 11 is 0. The highest BCUT2D eigenvalue weighted by molar-refractivity contribution is 4.87. The van der Waals surface area contributed by atoms with Crippen LogP contribution in [0.5, 0.6) is 0 Å². The molecule has 0 radical (unpaired) electrons. The molecule has 1 aliphatic rings. The van der Waals surface area contributed by atoms with Crippen molar-refractivity contribution in [3.05, 3.63) is 0 Å². The van der Waals surface area contributed by atoms with Gasteiger partial charge in [-0.05, 0) is 30.6 Å². The zero-order valence-electron chi connectivity index (χ0n) is 7.31. The Balaban J connectivity index is 2.15. The summed E-state index contributed by atoms with van der Waals surface area (Å²) in [6.07, 6.45) is 4.04. The lowest BCUT2D eigenvalue weighted by molar-refractivity contribution is 0.0438. The van der Waals surface area contributed by atoms with Crippen LogP contribution in [0, 0.1) is 11.3 Å². The number of ether oxygens (including phenoxy) is 1. The molecule has 0 saturated heterocycles. The zero-order chi connectivity index (χ0) is 7.61. The van der Waals surface area contributed by atoms with Crippen molar-refractivity contribution in [3.63, 3.8) is 0 Å². The molecule has 60 valence electrons. The molecule has 0 bridgehead atoms. The van der Waals surface area contributed by atoms with E-state index in [1.165, 1.54) is 19.3 Å². The van der Waals surface area contributed by atoms with Gasteiger partial charge in [0.05, 0.1) is 0 Å². The van der Waals surface area contributed by atoms with Crippen molar-refractivity contribution in [1.82, 2.24) is 0 Å². The maximum atomic E-state index is 5.05. The topological polar surface area (TPSA) is 9.23 Å². The molecule has 0 unspecified atom stereocenters. The fourth-order valence-electron chi connectivity index (χ4n) is 2.18. The second kappa shape index (κ2) is 2.91. The standard InChI is InChI=1S/C9H18O/c1-8-6-9(2,7-8)4-5-10-3/h8H,4-7H2,1-3H3/t8-,9-. The maximum Gasteiger partial charge on any atom is 0.0467 e. The summed E-state index contributed by atoms with van der Waals surface area (Å²) in [5, 5.41) is 0. The Morgan fingerprint density at radius 3 is 2.50 bits per heavy atom. The van der Waals surface area contributed by atoms with Crippen LogP contribution in [0.2, 0.25) is 0 Å². The smallest absolute Gasteiger partial charge is 0.0467 e. The first-order valence-electron chi connectivity index (χ1n) is 4.15. The quantitative estimate of drug-likeness (QED) is 0.588. The molecular weight excluding hydrogens is 124 g/mol. The van der Waals surface area contributed by atoms with Gasteiger partial charge in [0, 0.05) is 13.7 Å². The van der Waals surface area contributed by atoms with Gasteiger partial charge in [0.15, 0.2) is 0 Å². The van der Waals surface area contributed by atoms with Crippen LogP contribution in [-0.4, -0.2) is 13.7 Å². The van der Waals surface area contributed by atoms with Gasteiger partial charge < -0.3 is 4.74 Å². The Labute approximate surface area is 63.8 Å². The molecule has 0 N–H and O–H groups in total. The molecule has 0 aromatic rings. The molecule has 1 nitrogen and oxygen atoms in total. The highest BCUT2D eigenvalue weighted by atomic mass is 16.5. The predicted molar refractivity (Wildman–Crippen MR) is 43.0 cm³/mol. The molecular formula is C9H18O. The molecule has 0 aromatic carbocycles. The second-order valence-electron chi connectivity index (χ2n) is 4.07. The number of rotatable bonds is 3. The van der Waals surface area contributed by atoms with Gasteiger partial charge in [-0.25, -0.2) is 0 Å². The average Bonchev–Trinajstić information content (AvgIpc) is 1.81. The minimum absolute atomic E-state index is 0.620. The van der Waals surface area contributed by atoms with Gasteiger partial charge in [-0.15, -0.1) is 0 Å². The fourth-order valence-corrected chi connectivity index (χ4v) is 2.18. The lowest BCUT2D eigenvalue weighted by Gasteiger charge is -2.43. The molecule has 0 amide bonds. The molecule has 1 saturated carbocycles. The van der Waals surface area contributed by atoms with Gasteiger partial charge in [0.1, 0.15) is 0 Å². The molecule has 0 atom stereocenters. The summed E-state index contributed by atoms with van der Waals surface area (Å²) in [5.41, 5.74) is 0.620. The van der Waals surface area contributed by atoms with Crippen molar-refractivity contribution < 1.29 is 4.74 Å². The van der Waals surface area contributed by atoms with Gasteiger partial charge in [0.2, 0.25) is 0 Å². The highest BCUT2D eigenvalue weighted by Crippen LogP contribution is 2.47. The third-order valence-electron chi connectivity index (χ3n) is 2.59. The van der Waals surface area contributed by atoms with Gasteiger partial charge >= 0.3 is 0 Å². The number of hydrogen-bond donors (Lipinski definition) is 0. The summed E-state index contributed by atoms with van der Waals surface area (Å²) < 4.78 is 5.05. The van der Waals surface area contributed by atoms with Crippen molar-refractivity contribution in [2.75, 3.05) is 13.7 Å². The first-order valence-corrected chi connectivity index (χ1v) is 4.15. The highest BCUT2D eigenvalue weighted by Gasteiger charge is 2.36. The van der Waals surface area contributed by atoms with Crippen molar-refractivity contribution in [1.29, 1.82) is 0 Å². The van der Waals surface area contributed by atoms with Crippen LogP contribution < -0.4 is 0 Å². The summed E-state index contributed by atoms with van der Waals surface area (Å²) in [6, 6.07) is 0. The van der Waals surface area contributed by atoms with E-state index in [4.69, 9.17) is 4.74 Å². The Kier molecular flexibility index (Phi) is 2.35. The molecule has 0 aliphatic heterocycles. The first kappa shape index (κ1) is 8.06. The Morgan fingerprint density at radius 1 is 1.50 bits per heavy atom. The van der Waals surface area contributed by atoms with Gasteiger partial charge in [-0.2, -0.15) is 0 Å². The van der Waals surface area contributed by atoms with E-state index in [0.717, 1.165) is 12.5 Å². The van der Waals surface area contributed by atoms with E-state index in [-0.39, 0.29) is 0 Å². The van der Waals surface area contributed by atoms with Crippen molar-refractivity contribution in [3.8, 4) is 0 Å². The van der Waals surface area contributed by atoms with Crippen LogP contribution in [0.4, 0.5) is 0 Å². The van der Waals surface area contributed by atoms with E-state index >= 15 is 0 Å². The molecule has 0 heterocycles. The average molecular weight is 142 g/mol. The third kappa shape index (κ3) is 1.72. The Bertz CT molecular complexity index is 103. The number of hydrogen-bond acceptors (Lipinski definition) is 1. The monoisotopic (exact) mass is 142 g/mol. The molecule has 0 spiro atoms. The summed E-state index contributed by atoms with van der Waals surface area (Å²) in [6.45, 7) is 5.63. The molecule has 1 aliphatic carbocycles. The summed E-state index contributed by atoms with van der Waals surface area (Å²) in [5.74, 6) is 0.960. The van der Waals surface area contributed by atoms with Crippen LogP contribution in [0.25, 0.3) is 0 Å². The number of methoxy groups -OCH3 is 1. The predicted octanol–water partition coefficient (Wildman–Crippen LogP) is 2.46. The van der Waals surface area contributed by atoms with Gasteiger partial charge in [-0.1, -0.05) is 13.8 Å². The molecule has 1 heteroatoms. The van der Waals surface area contributed by atoms with Crippen LogP contribution >= 0.6 is 0 Å². The van der Waals surface area contributed by atoms with Gasteiger partial charge in [-0.3, -0.25) is 0 Å². The van der Waals surface area contributed by atoms with Crippen molar-refractivity contribution in [2.24, 2.45) is 11.3 Å². The van der Waals surface area contributed by atoms with E-state index in [0.29, 0.717) is 5.41 Å². The van der Waals surface area contributed by atoms with E-state index in [1.807, 2.05) is 0 Å². The van der Waals surface area contributed by atoms with E-state index in [9.17, 15) is 0 Å². The largest absolute Gasteiger partial charge is 0.385 e. The SMILES string of the molecule is COCC[C@]1(C)C[C@@H](C)C1.